The van der Waals surface area contributed by atoms with Crippen LogP contribution in [0.2, 0.25) is 0 Å². The molecular formula is C12H12F3NO3S. The summed E-state index contributed by atoms with van der Waals surface area (Å²) in [5, 5.41) is 10.4. The first-order valence-electron chi connectivity index (χ1n) is 5.47. The Morgan fingerprint density at radius 1 is 1.30 bits per heavy atom. The second kappa shape index (κ2) is 6.65. The fourth-order valence-corrected chi connectivity index (χ4v) is 1.91. The molecule has 0 saturated heterocycles. The Hall–Kier alpha value is -1.70. The minimum atomic E-state index is -5.05. The first-order chi connectivity index (χ1) is 9.24. The predicted octanol–water partition coefficient (Wildman–Crippen LogP) is 2.60. The van der Waals surface area contributed by atoms with Gasteiger partial charge in [0, 0.05) is 4.90 Å². The summed E-state index contributed by atoms with van der Waals surface area (Å²) in [4.78, 5) is 22.5. The summed E-state index contributed by atoms with van der Waals surface area (Å²) < 4.78 is 36.7. The molecule has 1 aromatic rings. The van der Waals surface area contributed by atoms with Crippen LogP contribution < -0.4 is 5.32 Å². The molecule has 0 aliphatic heterocycles. The molecule has 1 aromatic carbocycles. The van der Waals surface area contributed by atoms with E-state index in [2.05, 4.69) is 0 Å². The van der Waals surface area contributed by atoms with Gasteiger partial charge >= 0.3 is 18.1 Å². The minimum absolute atomic E-state index is 0.308. The maximum Gasteiger partial charge on any atom is 0.471 e. The molecular weight excluding hydrogens is 295 g/mol. The molecule has 8 heteroatoms. The van der Waals surface area contributed by atoms with Crippen molar-refractivity contribution < 1.29 is 27.9 Å². The number of aliphatic carboxylic acids is 1. The number of thioether (sulfide) groups is 1. The highest BCUT2D eigenvalue weighted by Crippen LogP contribution is 2.23. The predicted molar refractivity (Wildman–Crippen MR) is 67.4 cm³/mol. The zero-order valence-electron chi connectivity index (χ0n) is 10.4. The summed E-state index contributed by atoms with van der Waals surface area (Å²) in [6.45, 7) is 0. The number of hydrogen-bond donors (Lipinski definition) is 2. The SMILES string of the molecule is CSc1ccc(C(CC(=O)O)NC(=O)C(F)(F)F)cc1. The lowest BCUT2D eigenvalue weighted by atomic mass is 10.0. The summed E-state index contributed by atoms with van der Waals surface area (Å²) in [7, 11) is 0. The molecule has 1 atom stereocenters. The van der Waals surface area contributed by atoms with Crippen molar-refractivity contribution in [1.82, 2.24) is 5.32 Å². The molecule has 110 valence electrons. The van der Waals surface area contributed by atoms with E-state index in [1.54, 1.807) is 17.4 Å². The fourth-order valence-electron chi connectivity index (χ4n) is 1.50. The first-order valence-corrected chi connectivity index (χ1v) is 6.70. The van der Waals surface area contributed by atoms with Crippen molar-refractivity contribution in [2.45, 2.75) is 23.5 Å². The molecule has 0 heterocycles. The van der Waals surface area contributed by atoms with Crippen molar-refractivity contribution in [3.8, 4) is 0 Å². The molecule has 1 rings (SSSR count). The molecule has 4 nitrogen and oxygen atoms in total. The number of benzene rings is 1. The molecule has 0 aliphatic rings. The number of carboxylic acid groups (broad SMARTS) is 1. The lowest BCUT2D eigenvalue weighted by Gasteiger charge is -2.18. The van der Waals surface area contributed by atoms with E-state index in [0.717, 1.165) is 4.90 Å². The van der Waals surface area contributed by atoms with Gasteiger partial charge in [0.25, 0.3) is 0 Å². The fraction of sp³-hybridized carbons (Fsp3) is 0.333. The van der Waals surface area contributed by atoms with Crippen LogP contribution in [0.5, 0.6) is 0 Å². The maximum atomic E-state index is 12.2. The van der Waals surface area contributed by atoms with Crippen LogP contribution in [0.1, 0.15) is 18.0 Å². The number of hydrogen-bond acceptors (Lipinski definition) is 3. The lowest BCUT2D eigenvalue weighted by molar-refractivity contribution is -0.174. The molecule has 0 radical (unpaired) electrons. The third-order valence-electron chi connectivity index (χ3n) is 2.46. The first kappa shape index (κ1) is 16.4. The Kier molecular flexibility index (Phi) is 5.43. The van der Waals surface area contributed by atoms with E-state index in [9.17, 15) is 22.8 Å². The second-order valence-corrected chi connectivity index (χ2v) is 4.77. The van der Waals surface area contributed by atoms with Gasteiger partial charge in [0.05, 0.1) is 12.5 Å². The smallest absolute Gasteiger partial charge is 0.471 e. The Morgan fingerprint density at radius 2 is 1.85 bits per heavy atom. The largest absolute Gasteiger partial charge is 0.481 e. The third kappa shape index (κ3) is 4.76. The third-order valence-corrected chi connectivity index (χ3v) is 3.20. The van der Waals surface area contributed by atoms with E-state index in [1.165, 1.54) is 23.9 Å². The summed E-state index contributed by atoms with van der Waals surface area (Å²) in [5.74, 6) is -3.45. The highest BCUT2D eigenvalue weighted by molar-refractivity contribution is 7.98. The van der Waals surface area contributed by atoms with Gasteiger partial charge in [-0.05, 0) is 24.0 Å². The van der Waals surface area contributed by atoms with Crippen molar-refractivity contribution in [2.75, 3.05) is 6.26 Å². The number of nitrogens with one attached hydrogen (secondary N) is 1. The van der Waals surface area contributed by atoms with E-state index >= 15 is 0 Å². The molecule has 0 spiro atoms. The minimum Gasteiger partial charge on any atom is -0.481 e. The van der Waals surface area contributed by atoms with Crippen molar-refractivity contribution in [3.63, 3.8) is 0 Å². The molecule has 0 aromatic heterocycles. The van der Waals surface area contributed by atoms with Crippen LogP contribution in [-0.2, 0) is 9.59 Å². The maximum absolute atomic E-state index is 12.2. The number of carbonyl (C=O) groups is 2. The monoisotopic (exact) mass is 307 g/mol. The summed E-state index contributed by atoms with van der Waals surface area (Å²) in [6, 6.07) is 5.06. The number of alkyl halides is 3. The number of rotatable bonds is 5. The van der Waals surface area contributed by atoms with Crippen molar-refractivity contribution in [3.05, 3.63) is 29.8 Å². The Labute approximate surface area is 117 Å². The second-order valence-electron chi connectivity index (χ2n) is 3.89. The quantitative estimate of drug-likeness (QED) is 0.821. The Morgan fingerprint density at radius 3 is 2.25 bits per heavy atom. The van der Waals surface area contributed by atoms with Crippen LogP contribution in [0.25, 0.3) is 0 Å². The van der Waals surface area contributed by atoms with Crippen LogP contribution in [0.4, 0.5) is 13.2 Å². The van der Waals surface area contributed by atoms with Gasteiger partial charge in [-0.25, -0.2) is 0 Å². The normalized spacial score (nSPS) is 12.8. The zero-order chi connectivity index (χ0) is 15.3. The Bertz CT molecular complexity index is 488. The van der Waals surface area contributed by atoms with Crippen molar-refractivity contribution >= 4 is 23.6 Å². The van der Waals surface area contributed by atoms with Gasteiger partial charge in [-0.15, -0.1) is 11.8 Å². The molecule has 1 unspecified atom stereocenters. The summed E-state index contributed by atoms with van der Waals surface area (Å²) in [5.41, 5.74) is 0.308. The Balaban J connectivity index is 2.93. The summed E-state index contributed by atoms with van der Waals surface area (Å²) >= 11 is 1.44. The van der Waals surface area contributed by atoms with E-state index in [4.69, 9.17) is 5.11 Å². The molecule has 0 fully saturated rings. The number of carbonyl (C=O) groups excluding carboxylic acids is 1. The summed E-state index contributed by atoms with van der Waals surface area (Å²) in [6.07, 6.45) is -3.84. The van der Waals surface area contributed by atoms with E-state index in [1.807, 2.05) is 6.26 Å². The van der Waals surface area contributed by atoms with Crippen LogP contribution in [0.15, 0.2) is 29.2 Å². The zero-order valence-corrected chi connectivity index (χ0v) is 11.2. The van der Waals surface area contributed by atoms with Gasteiger partial charge in [-0.3, -0.25) is 9.59 Å². The molecule has 1 amide bonds. The number of halogens is 3. The molecule has 20 heavy (non-hydrogen) atoms. The van der Waals surface area contributed by atoms with Gasteiger partial charge in [-0.2, -0.15) is 13.2 Å². The molecule has 0 bridgehead atoms. The van der Waals surface area contributed by atoms with Crippen LogP contribution in [0.3, 0.4) is 0 Å². The number of amides is 1. The van der Waals surface area contributed by atoms with Crippen LogP contribution >= 0.6 is 11.8 Å². The van der Waals surface area contributed by atoms with Crippen molar-refractivity contribution in [2.24, 2.45) is 0 Å². The highest BCUT2D eigenvalue weighted by atomic mass is 32.2. The van der Waals surface area contributed by atoms with Crippen molar-refractivity contribution in [1.29, 1.82) is 0 Å². The van der Waals surface area contributed by atoms with Gasteiger partial charge in [-0.1, -0.05) is 12.1 Å². The average Bonchev–Trinajstić information content (AvgIpc) is 2.36. The van der Waals surface area contributed by atoms with E-state index in [0.29, 0.717) is 5.56 Å². The van der Waals surface area contributed by atoms with Gasteiger partial charge in [0.2, 0.25) is 0 Å². The number of carboxylic acids is 1. The molecule has 0 aliphatic carbocycles. The standard InChI is InChI=1S/C12H12F3NO3S/c1-20-8-4-2-7(3-5-8)9(6-10(17)18)16-11(19)12(13,14)15/h2-5,9H,6H2,1H3,(H,16,19)(H,17,18). The topological polar surface area (TPSA) is 66.4 Å². The van der Waals surface area contributed by atoms with Gasteiger partial charge < -0.3 is 10.4 Å². The lowest BCUT2D eigenvalue weighted by Crippen LogP contribution is -2.39. The van der Waals surface area contributed by atoms with E-state index < -0.39 is 30.5 Å². The highest BCUT2D eigenvalue weighted by Gasteiger charge is 2.40. The average molecular weight is 307 g/mol. The van der Waals surface area contributed by atoms with E-state index in [-0.39, 0.29) is 0 Å². The molecule has 2 N–H and O–H groups in total. The van der Waals surface area contributed by atoms with Gasteiger partial charge in [0.15, 0.2) is 0 Å². The van der Waals surface area contributed by atoms with Crippen LogP contribution in [-0.4, -0.2) is 29.4 Å². The van der Waals surface area contributed by atoms with Crippen LogP contribution in [0, 0.1) is 0 Å². The van der Waals surface area contributed by atoms with Gasteiger partial charge in [0.1, 0.15) is 0 Å². The molecule has 0 saturated carbocycles.